The standard InChI is InChI=1S/C2H5NO2.CH4N2O.4K.H4O7P2/c3-1-2(4)5;2-1(3)4;;;;;1-8(2,3)7-9(4,5)6/h1,3H2,(H,4,5);(H4,2,3,4);;;;;(H2,1,2,3)(H2,4,5,6)/q;;4*+1;/p-4. The number of aliphatic carboxylic acids is 1. The third-order valence-corrected chi connectivity index (χ3v) is 1.97. The van der Waals surface area contributed by atoms with Crippen molar-refractivity contribution in [3.63, 3.8) is 0 Å². The molecule has 0 aliphatic rings. The second-order valence-electron chi connectivity index (χ2n) is 1.98. The minimum Gasteiger partial charge on any atom is -0.790 e. The maximum absolute atomic E-state index is 9.32. The number of amides is 2. The van der Waals surface area contributed by atoms with Gasteiger partial charge >= 0.3 is 218 Å². The molecule has 7 N–H and O–H groups in total. The second-order valence-corrected chi connectivity index (χ2v) is 4.42. The van der Waals surface area contributed by atoms with Crippen molar-refractivity contribution in [2.24, 2.45) is 17.2 Å². The average molecular weight is 465 g/mol. The van der Waals surface area contributed by atoms with Crippen LogP contribution in [0.2, 0.25) is 0 Å². The number of carbonyl (C=O) groups excluding carboxylic acids is 1. The quantitative estimate of drug-likeness (QED) is 0.224. The maximum atomic E-state index is 9.32. The first kappa shape index (κ1) is 46.0. The third-order valence-electron chi connectivity index (χ3n) is 0.375. The zero-order chi connectivity index (χ0) is 15.6. The van der Waals surface area contributed by atoms with E-state index in [0.717, 1.165) is 0 Å². The van der Waals surface area contributed by atoms with Crippen LogP contribution in [0.3, 0.4) is 0 Å². The van der Waals surface area contributed by atoms with Crippen molar-refractivity contribution in [2.75, 3.05) is 6.54 Å². The van der Waals surface area contributed by atoms with Gasteiger partial charge in [-0.1, -0.05) is 0 Å². The van der Waals surface area contributed by atoms with Crippen LogP contribution in [0.1, 0.15) is 0 Å². The second kappa shape index (κ2) is 26.5. The summed E-state index contributed by atoms with van der Waals surface area (Å²) < 4.78 is 21.2. The van der Waals surface area contributed by atoms with Gasteiger partial charge in [-0.2, -0.15) is 0 Å². The van der Waals surface area contributed by atoms with Gasteiger partial charge in [0.15, 0.2) is 0 Å². The monoisotopic (exact) mass is 465 g/mol. The molecular weight excluding hydrogens is 456 g/mol. The van der Waals surface area contributed by atoms with E-state index in [1.807, 2.05) is 0 Å². The number of urea groups is 1. The Morgan fingerprint density at radius 2 is 1.05 bits per heavy atom. The first-order chi connectivity index (χ1) is 7.71. The van der Waals surface area contributed by atoms with Crippen LogP contribution in [-0.2, 0) is 18.2 Å². The molecule has 0 saturated heterocycles. The Kier molecular flexibility index (Phi) is 55.4. The Bertz CT molecular complexity index is 335. The summed E-state index contributed by atoms with van der Waals surface area (Å²) in [5.41, 5.74) is 13.1. The largest absolute Gasteiger partial charge is 1.00 e. The van der Waals surface area contributed by atoms with Crippen molar-refractivity contribution in [1.82, 2.24) is 0 Å². The minimum absolute atomic E-state index is 0. The number of nitrogens with two attached hydrogens (primary N) is 3. The Hall–Kier alpha value is 5.51. The summed E-state index contributed by atoms with van der Waals surface area (Å²) in [6.07, 6.45) is 0. The molecule has 22 heavy (non-hydrogen) atoms. The molecule has 0 radical (unpaired) electrons. The molecule has 0 spiro atoms. The van der Waals surface area contributed by atoms with E-state index in [4.69, 9.17) is 9.90 Å². The van der Waals surface area contributed by atoms with Gasteiger partial charge in [0, 0.05) is 0 Å². The Balaban J connectivity index is -0.0000000305. The van der Waals surface area contributed by atoms with Crippen molar-refractivity contribution in [3.8, 4) is 0 Å². The van der Waals surface area contributed by atoms with Gasteiger partial charge in [0.2, 0.25) is 0 Å². The van der Waals surface area contributed by atoms with E-state index in [0.29, 0.717) is 0 Å². The van der Waals surface area contributed by atoms with Crippen molar-refractivity contribution in [3.05, 3.63) is 0 Å². The number of carboxylic acids is 1. The predicted molar refractivity (Wildman–Crippen MR) is 46.8 cm³/mol. The van der Waals surface area contributed by atoms with E-state index in [1.165, 1.54) is 0 Å². The summed E-state index contributed by atoms with van der Waals surface area (Å²) in [6.45, 7) is -0.278. The fourth-order valence-corrected chi connectivity index (χ4v) is 1.10. The number of rotatable bonds is 3. The fourth-order valence-electron chi connectivity index (χ4n) is 0.122. The molecule has 110 valence electrons. The zero-order valence-corrected chi connectivity index (χ0v) is 26.7. The average Bonchev–Trinajstić information content (AvgIpc) is 1.96. The van der Waals surface area contributed by atoms with Gasteiger partial charge in [-0.05, 0) is 0 Å². The van der Waals surface area contributed by atoms with E-state index in [-0.39, 0.29) is 212 Å². The van der Waals surface area contributed by atoms with E-state index in [1.54, 1.807) is 0 Å². The fraction of sp³-hybridized carbons (Fsp3) is 0.333. The van der Waals surface area contributed by atoms with E-state index in [9.17, 15) is 33.5 Å². The smallest absolute Gasteiger partial charge is 0.790 e. The van der Waals surface area contributed by atoms with E-state index in [2.05, 4.69) is 21.5 Å². The van der Waals surface area contributed by atoms with Crippen molar-refractivity contribution >= 4 is 27.6 Å². The van der Waals surface area contributed by atoms with Crippen LogP contribution in [0, 0.1) is 0 Å². The summed E-state index contributed by atoms with van der Waals surface area (Å²) in [5.74, 6) is -0.968. The Labute approximate surface area is 296 Å². The normalized spacial score (nSPS) is 8.41. The number of hydrogen-bond acceptors (Lipinski definition) is 10. The van der Waals surface area contributed by atoms with Gasteiger partial charge in [-0.25, -0.2) is 4.79 Å². The minimum atomic E-state index is -5.68. The molecule has 0 aromatic heterocycles. The summed E-state index contributed by atoms with van der Waals surface area (Å²) >= 11 is 0. The van der Waals surface area contributed by atoms with E-state index >= 15 is 0 Å². The van der Waals surface area contributed by atoms with Gasteiger partial charge in [0.25, 0.3) is 0 Å². The molecule has 2 amide bonds. The summed E-state index contributed by atoms with van der Waals surface area (Å²) in [6, 6.07) is -0.833. The molecule has 0 aromatic rings. The molecule has 0 unspecified atom stereocenters. The Morgan fingerprint density at radius 3 is 1.05 bits per heavy atom. The molecular formula is C3H9K4N3O10P2. The van der Waals surface area contributed by atoms with Crippen LogP contribution >= 0.6 is 15.6 Å². The number of carbonyl (C=O) groups is 2. The van der Waals surface area contributed by atoms with Crippen LogP contribution in [0.5, 0.6) is 0 Å². The maximum Gasteiger partial charge on any atom is 1.00 e. The molecule has 0 rings (SSSR count). The van der Waals surface area contributed by atoms with Crippen molar-refractivity contribution < 1.29 is 253 Å². The van der Waals surface area contributed by atoms with Crippen LogP contribution in [0.15, 0.2) is 0 Å². The van der Waals surface area contributed by atoms with Gasteiger partial charge in [0.1, 0.15) is 0 Å². The van der Waals surface area contributed by atoms with Gasteiger partial charge in [-0.15, -0.1) is 0 Å². The SMILES string of the molecule is NC(N)=O.NCC(=O)O.O=P([O-])([O-])OP(=O)([O-])[O-].[K+].[K+].[K+].[K+]. The molecule has 0 aromatic carbocycles. The van der Waals surface area contributed by atoms with Gasteiger partial charge in [0.05, 0.1) is 22.2 Å². The number of hydrogen-bond donors (Lipinski definition) is 4. The van der Waals surface area contributed by atoms with Crippen LogP contribution < -0.4 is 242 Å². The Morgan fingerprint density at radius 1 is 0.909 bits per heavy atom. The molecule has 13 nitrogen and oxygen atoms in total. The topological polar surface area (TPSA) is 268 Å². The van der Waals surface area contributed by atoms with Crippen molar-refractivity contribution in [1.29, 1.82) is 0 Å². The summed E-state index contributed by atoms with van der Waals surface area (Å²) in [5, 5.41) is 7.60. The van der Waals surface area contributed by atoms with Crippen LogP contribution in [0.4, 0.5) is 4.79 Å². The number of primary amides is 2. The van der Waals surface area contributed by atoms with Gasteiger partial charge in [-0.3, -0.25) is 4.79 Å². The molecule has 0 aliphatic carbocycles. The molecule has 0 saturated carbocycles. The van der Waals surface area contributed by atoms with Gasteiger partial charge < -0.3 is 55.3 Å². The molecule has 0 aliphatic heterocycles. The number of carboxylic acid groups (broad SMARTS) is 1. The summed E-state index contributed by atoms with van der Waals surface area (Å²) in [4.78, 5) is 55.5. The first-order valence-electron chi connectivity index (χ1n) is 3.43. The van der Waals surface area contributed by atoms with Crippen LogP contribution in [0.25, 0.3) is 0 Å². The van der Waals surface area contributed by atoms with Crippen molar-refractivity contribution in [2.45, 2.75) is 0 Å². The number of phosphoric acid groups is 2. The first-order valence-corrected chi connectivity index (χ1v) is 6.35. The zero-order valence-electron chi connectivity index (χ0n) is 12.5. The van der Waals surface area contributed by atoms with Crippen LogP contribution in [-0.4, -0.2) is 23.7 Å². The van der Waals surface area contributed by atoms with E-state index < -0.39 is 27.6 Å². The molecule has 0 atom stereocenters. The molecule has 0 bridgehead atoms. The summed E-state index contributed by atoms with van der Waals surface area (Å²) in [7, 11) is -11.4. The third kappa shape index (κ3) is 84.0. The molecule has 19 heteroatoms. The molecule has 0 fully saturated rings. The predicted octanol–water partition coefficient (Wildman–Crippen LogP) is -17.3. The molecule has 0 heterocycles.